The van der Waals surface area contributed by atoms with E-state index in [1.165, 1.54) is 0 Å². The van der Waals surface area contributed by atoms with Crippen molar-refractivity contribution < 1.29 is 14.4 Å². The third-order valence-electron chi connectivity index (χ3n) is 3.13. The van der Waals surface area contributed by atoms with Crippen LogP contribution in [0.1, 0.15) is 26.2 Å². The van der Waals surface area contributed by atoms with Crippen LogP contribution in [0.2, 0.25) is 0 Å². The lowest BCUT2D eigenvalue weighted by molar-refractivity contribution is -0.146. The molecule has 1 rings (SSSR count). The lowest BCUT2D eigenvalue weighted by Crippen LogP contribution is -2.46. The summed E-state index contributed by atoms with van der Waals surface area (Å²) in [4.78, 5) is 34.9. The minimum Gasteiger partial charge on any atom is -0.359 e. The Morgan fingerprint density at radius 3 is 2.56 bits per heavy atom. The molecular weight excluding hydrogens is 234 g/mol. The zero-order valence-electron chi connectivity index (χ0n) is 10.8. The Hall–Kier alpha value is -1.59. The maximum Gasteiger partial charge on any atom is 0.311 e. The molecule has 102 valence electrons. The normalized spacial score (nSPS) is 16.2. The Balaban J connectivity index is 2.20. The molecule has 1 aliphatic heterocycles. The number of nitrogens with zero attached hydrogens (tertiary/aromatic N) is 1. The molecule has 1 saturated heterocycles. The van der Waals surface area contributed by atoms with E-state index in [1.54, 1.807) is 4.90 Å². The zero-order valence-corrected chi connectivity index (χ0v) is 10.8. The minimum absolute atomic E-state index is 0.398. The summed E-state index contributed by atoms with van der Waals surface area (Å²) in [5.41, 5.74) is 0. The lowest BCUT2D eigenvalue weighted by atomic mass is 9.99. The molecule has 0 radical (unpaired) electrons. The van der Waals surface area contributed by atoms with Crippen LogP contribution in [0, 0.1) is 5.92 Å². The van der Waals surface area contributed by atoms with E-state index < -0.39 is 11.8 Å². The summed E-state index contributed by atoms with van der Waals surface area (Å²) in [7, 11) is 0. The van der Waals surface area contributed by atoms with Gasteiger partial charge in [-0.2, -0.15) is 0 Å². The molecule has 0 saturated carbocycles. The molecule has 18 heavy (non-hydrogen) atoms. The van der Waals surface area contributed by atoms with Crippen molar-refractivity contribution in [3.63, 3.8) is 0 Å². The van der Waals surface area contributed by atoms with Gasteiger partial charge in [-0.15, -0.1) is 0 Å². The average Bonchev–Trinajstić information content (AvgIpc) is 2.38. The SMILES string of the molecule is CC1CCN(C(=O)C(=O)NCCCNC=O)CC1. The molecule has 1 heterocycles. The van der Waals surface area contributed by atoms with Gasteiger partial charge in [0, 0.05) is 26.2 Å². The van der Waals surface area contributed by atoms with E-state index in [9.17, 15) is 14.4 Å². The molecule has 0 aromatic rings. The molecule has 0 aliphatic carbocycles. The fraction of sp³-hybridized carbons (Fsp3) is 0.750. The van der Waals surface area contributed by atoms with E-state index in [0.29, 0.717) is 44.9 Å². The summed E-state index contributed by atoms with van der Waals surface area (Å²) in [6.07, 6.45) is 3.15. The van der Waals surface area contributed by atoms with E-state index >= 15 is 0 Å². The lowest BCUT2D eigenvalue weighted by Gasteiger charge is -2.29. The first kappa shape index (κ1) is 14.5. The highest BCUT2D eigenvalue weighted by atomic mass is 16.2. The van der Waals surface area contributed by atoms with Gasteiger partial charge in [-0.1, -0.05) is 6.92 Å². The van der Waals surface area contributed by atoms with Gasteiger partial charge in [0.05, 0.1) is 0 Å². The molecule has 0 spiro atoms. The van der Waals surface area contributed by atoms with Crippen molar-refractivity contribution in [3.8, 4) is 0 Å². The number of carbonyl (C=O) groups is 3. The monoisotopic (exact) mass is 255 g/mol. The number of hydrogen-bond acceptors (Lipinski definition) is 3. The van der Waals surface area contributed by atoms with Crippen LogP contribution in [-0.4, -0.2) is 49.3 Å². The number of hydrogen-bond donors (Lipinski definition) is 2. The van der Waals surface area contributed by atoms with E-state index in [-0.39, 0.29) is 0 Å². The van der Waals surface area contributed by atoms with E-state index in [0.717, 1.165) is 12.8 Å². The molecule has 0 aromatic carbocycles. The van der Waals surface area contributed by atoms with Crippen LogP contribution in [0.25, 0.3) is 0 Å². The van der Waals surface area contributed by atoms with Crippen molar-refractivity contribution in [2.24, 2.45) is 5.92 Å². The van der Waals surface area contributed by atoms with Crippen LogP contribution < -0.4 is 10.6 Å². The van der Waals surface area contributed by atoms with Crippen molar-refractivity contribution >= 4 is 18.2 Å². The molecule has 2 N–H and O–H groups in total. The van der Waals surface area contributed by atoms with Crippen molar-refractivity contribution in [1.29, 1.82) is 0 Å². The van der Waals surface area contributed by atoms with Gasteiger partial charge in [-0.05, 0) is 25.2 Å². The summed E-state index contributed by atoms with van der Waals surface area (Å²) in [5, 5.41) is 5.06. The highest BCUT2D eigenvalue weighted by Crippen LogP contribution is 2.15. The van der Waals surface area contributed by atoms with Crippen LogP contribution >= 0.6 is 0 Å². The first-order chi connectivity index (χ1) is 8.65. The van der Waals surface area contributed by atoms with Gasteiger partial charge < -0.3 is 15.5 Å². The summed E-state index contributed by atoms with van der Waals surface area (Å²) in [6.45, 7) is 4.39. The average molecular weight is 255 g/mol. The Bertz CT molecular complexity index is 299. The van der Waals surface area contributed by atoms with Gasteiger partial charge in [0.1, 0.15) is 0 Å². The number of amides is 3. The van der Waals surface area contributed by atoms with E-state index in [4.69, 9.17) is 0 Å². The minimum atomic E-state index is -0.546. The molecule has 1 aliphatic rings. The van der Waals surface area contributed by atoms with E-state index in [2.05, 4.69) is 17.6 Å². The van der Waals surface area contributed by atoms with Gasteiger partial charge in [0.15, 0.2) is 0 Å². The third kappa shape index (κ3) is 4.73. The number of likely N-dealkylation sites (tertiary alicyclic amines) is 1. The Kier molecular flexibility index (Phi) is 6.18. The van der Waals surface area contributed by atoms with Crippen LogP contribution in [0.5, 0.6) is 0 Å². The summed E-state index contributed by atoms with van der Waals surface area (Å²) in [5.74, 6) is -0.354. The van der Waals surface area contributed by atoms with Gasteiger partial charge in [-0.25, -0.2) is 0 Å². The Morgan fingerprint density at radius 2 is 1.94 bits per heavy atom. The summed E-state index contributed by atoms with van der Waals surface area (Å²) in [6, 6.07) is 0. The van der Waals surface area contributed by atoms with Gasteiger partial charge in [0.2, 0.25) is 6.41 Å². The maximum atomic E-state index is 11.8. The standard InChI is InChI=1S/C12H21N3O3/c1-10-3-7-15(8-4-10)12(18)11(17)14-6-2-5-13-9-16/h9-10H,2-8H2,1H3,(H,13,16)(H,14,17). The largest absolute Gasteiger partial charge is 0.359 e. The number of nitrogens with one attached hydrogen (secondary N) is 2. The second-order valence-corrected chi connectivity index (χ2v) is 4.66. The molecule has 0 atom stereocenters. The third-order valence-corrected chi connectivity index (χ3v) is 3.13. The molecular formula is C12H21N3O3. The van der Waals surface area contributed by atoms with Crippen LogP contribution in [-0.2, 0) is 14.4 Å². The summed E-state index contributed by atoms with van der Waals surface area (Å²) >= 11 is 0. The highest BCUT2D eigenvalue weighted by Gasteiger charge is 2.24. The predicted octanol–water partition coefficient (Wildman–Crippen LogP) is -0.503. The van der Waals surface area contributed by atoms with Crippen LogP contribution in [0.3, 0.4) is 0 Å². The maximum absolute atomic E-state index is 11.8. The van der Waals surface area contributed by atoms with Gasteiger partial charge in [-0.3, -0.25) is 14.4 Å². The first-order valence-electron chi connectivity index (χ1n) is 6.39. The molecule has 0 aromatic heterocycles. The molecule has 0 unspecified atom stereocenters. The second-order valence-electron chi connectivity index (χ2n) is 4.66. The van der Waals surface area contributed by atoms with Gasteiger partial charge in [0.25, 0.3) is 0 Å². The molecule has 3 amide bonds. The molecule has 6 nitrogen and oxygen atoms in total. The number of rotatable bonds is 5. The molecule has 1 fully saturated rings. The van der Waals surface area contributed by atoms with Gasteiger partial charge >= 0.3 is 11.8 Å². The molecule has 0 bridgehead atoms. The van der Waals surface area contributed by atoms with Crippen molar-refractivity contribution in [3.05, 3.63) is 0 Å². The number of piperidine rings is 1. The first-order valence-corrected chi connectivity index (χ1v) is 6.39. The Labute approximate surface area is 107 Å². The van der Waals surface area contributed by atoms with Crippen molar-refractivity contribution in [1.82, 2.24) is 15.5 Å². The van der Waals surface area contributed by atoms with E-state index in [1.807, 2.05) is 0 Å². The Morgan fingerprint density at radius 1 is 1.28 bits per heavy atom. The quantitative estimate of drug-likeness (QED) is 0.395. The zero-order chi connectivity index (χ0) is 13.4. The fourth-order valence-electron chi connectivity index (χ4n) is 1.88. The summed E-state index contributed by atoms with van der Waals surface area (Å²) < 4.78 is 0. The molecule has 6 heteroatoms. The predicted molar refractivity (Wildman–Crippen MR) is 66.7 cm³/mol. The van der Waals surface area contributed by atoms with Crippen LogP contribution in [0.15, 0.2) is 0 Å². The number of carbonyl (C=O) groups excluding carboxylic acids is 3. The van der Waals surface area contributed by atoms with Crippen LogP contribution in [0.4, 0.5) is 0 Å². The topological polar surface area (TPSA) is 78.5 Å². The highest BCUT2D eigenvalue weighted by molar-refractivity contribution is 6.35. The van der Waals surface area contributed by atoms with Crippen molar-refractivity contribution in [2.75, 3.05) is 26.2 Å². The smallest absolute Gasteiger partial charge is 0.311 e. The second kappa shape index (κ2) is 7.68. The van der Waals surface area contributed by atoms with Crippen molar-refractivity contribution in [2.45, 2.75) is 26.2 Å². The fourth-order valence-corrected chi connectivity index (χ4v) is 1.88.